The molecule has 1 atom stereocenters. The minimum absolute atomic E-state index is 0.101. The predicted molar refractivity (Wildman–Crippen MR) is 73.8 cm³/mol. The first-order valence-electron chi connectivity index (χ1n) is 5.83. The Morgan fingerprint density at radius 1 is 1.52 bits per heavy atom. The molecule has 0 aliphatic carbocycles. The number of nitrogen functional groups attached to an aromatic ring is 1. The molecule has 0 bridgehead atoms. The fourth-order valence-electron chi connectivity index (χ4n) is 1.70. The van der Waals surface area contributed by atoms with Crippen molar-refractivity contribution in [2.45, 2.75) is 17.9 Å². The van der Waals surface area contributed by atoms with Crippen LogP contribution in [0.3, 0.4) is 0 Å². The maximum atomic E-state index is 14.0. The number of likely N-dealkylation sites (N-methyl/N-ethyl adjacent to an activating group) is 1. The molecule has 2 N–H and O–H groups in total. The molecule has 1 aromatic rings. The van der Waals surface area contributed by atoms with Crippen molar-refractivity contribution in [2.75, 3.05) is 26.5 Å². The van der Waals surface area contributed by atoms with E-state index in [1.807, 2.05) is 0 Å². The highest BCUT2D eigenvalue weighted by atomic mass is 32.2. The highest BCUT2D eigenvalue weighted by molar-refractivity contribution is 7.89. The lowest BCUT2D eigenvalue weighted by Gasteiger charge is -2.24. The van der Waals surface area contributed by atoms with Crippen LogP contribution in [0.4, 0.5) is 15.8 Å². The van der Waals surface area contributed by atoms with Gasteiger partial charge in [0.2, 0.25) is 10.0 Å². The molecule has 0 spiro atoms. The summed E-state index contributed by atoms with van der Waals surface area (Å²) in [6.07, 6.45) is 0. The second kappa shape index (κ2) is 6.33. The number of hydrogen-bond donors (Lipinski definition) is 1. The molecule has 0 fully saturated rings. The summed E-state index contributed by atoms with van der Waals surface area (Å²) in [7, 11) is -1.58. The van der Waals surface area contributed by atoms with Crippen molar-refractivity contribution in [3.63, 3.8) is 0 Å². The summed E-state index contributed by atoms with van der Waals surface area (Å²) in [5.74, 6) is -1.27. The van der Waals surface area contributed by atoms with Gasteiger partial charge in [-0.05, 0) is 6.92 Å². The van der Waals surface area contributed by atoms with Crippen molar-refractivity contribution in [3.8, 4) is 0 Å². The van der Waals surface area contributed by atoms with E-state index in [4.69, 9.17) is 10.5 Å². The first kappa shape index (κ1) is 17.3. The molecular formula is C11H16FN3O5S. The monoisotopic (exact) mass is 321 g/mol. The van der Waals surface area contributed by atoms with Crippen LogP contribution in [0.15, 0.2) is 17.0 Å². The van der Waals surface area contributed by atoms with Gasteiger partial charge in [-0.25, -0.2) is 12.8 Å². The number of nitro benzene ring substituents is 1. The zero-order chi connectivity index (χ0) is 16.4. The third kappa shape index (κ3) is 3.46. The molecule has 118 valence electrons. The van der Waals surface area contributed by atoms with Crippen LogP contribution in [0, 0.1) is 15.9 Å². The number of nitrogens with two attached hydrogens (primary N) is 1. The van der Waals surface area contributed by atoms with Crippen LogP contribution in [0.5, 0.6) is 0 Å². The normalized spacial score (nSPS) is 13.4. The Hall–Kier alpha value is -1.78. The average Bonchev–Trinajstić information content (AvgIpc) is 2.36. The van der Waals surface area contributed by atoms with Crippen LogP contribution >= 0.6 is 0 Å². The number of anilines is 1. The smallest absolute Gasteiger partial charge is 0.274 e. The third-order valence-corrected chi connectivity index (χ3v) is 5.00. The molecule has 0 heterocycles. The standard InChI is InChI=1S/C11H16FN3O5S/c1-7(6-20-3)14(2)21(18,19)11-9(12)4-8(15(16)17)5-10(11)13/h4-5,7H,6,13H2,1-3H3. The molecule has 0 saturated heterocycles. The van der Waals surface area contributed by atoms with Gasteiger partial charge in [-0.2, -0.15) is 4.31 Å². The van der Waals surface area contributed by atoms with Gasteiger partial charge in [0, 0.05) is 26.3 Å². The number of halogens is 1. The largest absolute Gasteiger partial charge is 0.397 e. The fraction of sp³-hybridized carbons (Fsp3) is 0.455. The maximum absolute atomic E-state index is 14.0. The number of methoxy groups -OCH3 is 1. The Morgan fingerprint density at radius 2 is 2.10 bits per heavy atom. The third-order valence-electron chi connectivity index (χ3n) is 2.93. The van der Waals surface area contributed by atoms with Gasteiger partial charge in [0.1, 0.15) is 4.90 Å². The molecule has 1 unspecified atom stereocenters. The molecule has 0 radical (unpaired) electrons. The van der Waals surface area contributed by atoms with Crippen molar-refractivity contribution in [1.82, 2.24) is 4.31 Å². The molecule has 1 rings (SSSR count). The molecule has 0 aliphatic rings. The van der Waals surface area contributed by atoms with Crippen LogP contribution in [-0.4, -0.2) is 44.5 Å². The number of ether oxygens (including phenoxy) is 1. The Balaban J connectivity index is 3.36. The van der Waals surface area contributed by atoms with E-state index in [0.29, 0.717) is 6.07 Å². The molecule has 0 saturated carbocycles. The van der Waals surface area contributed by atoms with Crippen LogP contribution in [0.25, 0.3) is 0 Å². The second-order valence-electron chi connectivity index (χ2n) is 4.43. The zero-order valence-electron chi connectivity index (χ0n) is 11.7. The SMILES string of the molecule is COCC(C)N(C)S(=O)(=O)c1c(N)cc([N+](=O)[O-])cc1F. The van der Waals surface area contributed by atoms with Gasteiger partial charge in [-0.15, -0.1) is 0 Å². The summed E-state index contributed by atoms with van der Waals surface area (Å²) < 4.78 is 44.4. The Morgan fingerprint density at radius 3 is 2.52 bits per heavy atom. The van der Waals surface area contributed by atoms with Crippen molar-refractivity contribution in [1.29, 1.82) is 0 Å². The topological polar surface area (TPSA) is 116 Å². The number of nitrogens with zero attached hydrogens (tertiary/aromatic N) is 2. The quantitative estimate of drug-likeness (QED) is 0.474. The number of non-ortho nitro benzene ring substituents is 1. The van der Waals surface area contributed by atoms with E-state index in [2.05, 4.69) is 0 Å². The molecule has 0 aromatic heterocycles. The van der Waals surface area contributed by atoms with E-state index in [-0.39, 0.29) is 6.61 Å². The first-order valence-corrected chi connectivity index (χ1v) is 7.27. The van der Waals surface area contributed by atoms with Gasteiger partial charge in [-0.3, -0.25) is 10.1 Å². The van der Waals surface area contributed by atoms with Crippen molar-refractivity contribution < 1.29 is 22.5 Å². The van der Waals surface area contributed by atoms with Gasteiger partial charge in [-0.1, -0.05) is 0 Å². The zero-order valence-corrected chi connectivity index (χ0v) is 12.6. The van der Waals surface area contributed by atoms with Gasteiger partial charge < -0.3 is 10.5 Å². The lowest BCUT2D eigenvalue weighted by atomic mass is 10.3. The van der Waals surface area contributed by atoms with Crippen LogP contribution in [0.2, 0.25) is 0 Å². The highest BCUT2D eigenvalue weighted by Gasteiger charge is 2.31. The van der Waals surface area contributed by atoms with Gasteiger partial charge in [0.15, 0.2) is 5.82 Å². The van der Waals surface area contributed by atoms with E-state index < -0.39 is 43.1 Å². The minimum atomic E-state index is -4.23. The lowest BCUT2D eigenvalue weighted by Crippen LogP contribution is -2.38. The first-order chi connectivity index (χ1) is 9.62. The van der Waals surface area contributed by atoms with Crippen LogP contribution < -0.4 is 5.73 Å². The van der Waals surface area contributed by atoms with Gasteiger partial charge in [0.25, 0.3) is 5.69 Å². The number of sulfonamides is 1. The van der Waals surface area contributed by atoms with E-state index in [0.717, 1.165) is 10.4 Å². The lowest BCUT2D eigenvalue weighted by molar-refractivity contribution is -0.385. The molecule has 1 aromatic carbocycles. The summed E-state index contributed by atoms with van der Waals surface area (Å²) in [4.78, 5) is 8.97. The van der Waals surface area contributed by atoms with Crippen molar-refractivity contribution in [3.05, 3.63) is 28.1 Å². The molecule has 10 heteroatoms. The van der Waals surface area contributed by atoms with E-state index >= 15 is 0 Å². The molecule has 21 heavy (non-hydrogen) atoms. The number of benzene rings is 1. The molecule has 0 aliphatic heterocycles. The summed E-state index contributed by atoms with van der Waals surface area (Å²) in [6, 6.07) is 0.775. The van der Waals surface area contributed by atoms with E-state index in [9.17, 15) is 22.9 Å². The van der Waals surface area contributed by atoms with Gasteiger partial charge in [0.05, 0.1) is 23.3 Å². The Kier molecular flexibility index (Phi) is 5.20. The van der Waals surface area contributed by atoms with Gasteiger partial charge >= 0.3 is 0 Å². The summed E-state index contributed by atoms with van der Waals surface area (Å²) >= 11 is 0. The summed E-state index contributed by atoms with van der Waals surface area (Å²) in [5.41, 5.74) is 4.35. The molecule has 0 amide bonds. The van der Waals surface area contributed by atoms with E-state index in [1.54, 1.807) is 6.92 Å². The summed E-state index contributed by atoms with van der Waals surface area (Å²) in [5, 5.41) is 10.6. The Labute approximate surface area is 121 Å². The van der Waals surface area contributed by atoms with Crippen molar-refractivity contribution >= 4 is 21.4 Å². The van der Waals surface area contributed by atoms with E-state index in [1.165, 1.54) is 14.2 Å². The summed E-state index contributed by atoms with van der Waals surface area (Å²) in [6.45, 7) is 1.67. The van der Waals surface area contributed by atoms with Crippen LogP contribution in [-0.2, 0) is 14.8 Å². The molecule has 8 nitrogen and oxygen atoms in total. The fourth-order valence-corrected chi connectivity index (χ4v) is 3.19. The Bertz CT molecular complexity index is 626. The van der Waals surface area contributed by atoms with Crippen LogP contribution in [0.1, 0.15) is 6.92 Å². The average molecular weight is 321 g/mol. The maximum Gasteiger partial charge on any atom is 0.274 e. The highest BCUT2D eigenvalue weighted by Crippen LogP contribution is 2.30. The number of rotatable bonds is 6. The predicted octanol–water partition coefficient (Wildman–Crippen LogP) is 0.972. The van der Waals surface area contributed by atoms with Crippen molar-refractivity contribution in [2.24, 2.45) is 0 Å². The number of nitro groups is 1. The second-order valence-corrected chi connectivity index (χ2v) is 6.36. The minimum Gasteiger partial charge on any atom is -0.397 e. The number of hydrogen-bond acceptors (Lipinski definition) is 6. The molecular weight excluding hydrogens is 305 g/mol.